The highest BCUT2D eigenvalue weighted by Crippen LogP contribution is 2.17. The number of carbonyl (C=O) groups is 1. The van der Waals surface area contributed by atoms with E-state index in [1.807, 2.05) is 0 Å². The molecule has 0 heterocycles. The van der Waals surface area contributed by atoms with Crippen LogP contribution in [0.1, 0.15) is 64.2 Å². The fourth-order valence-corrected chi connectivity index (χ4v) is 2.62. The molecule has 3 heteroatoms. The maximum Gasteiger partial charge on any atom is 0.136 e. The predicted octanol–water partition coefficient (Wildman–Crippen LogP) is 2.39. The van der Waals surface area contributed by atoms with Crippen LogP contribution in [0.3, 0.4) is 0 Å². The predicted molar refractivity (Wildman–Crippen MR) is 72.0 cm³/mol. The van der Waals surface area contributed by atoms with Gasteiger partial charge >= 0.3 is 0 Å². The third-order valence-corrected chi connectivity index (χ3v) is 3.69. The van der Waals surface area contributed by atoms with E-state index in [0.29, 0.717) is 6.04 Å². The van der Waals surface area contributed by atoms with Crippen molar-refractivity contribution in [3.05, 3.63) is 0 Å². The summed E-state index contributed by atoms with van der Waals surface area (Å²) < 4.78 is 0. The molecule has 1 atom stereocenters. The number of hydrogen-bond acceptors (Lipinski definition) is 3. The van der Waals surface area contributed by atoms with Crippen molar-refractivity contribution >= 4 is 6.29 Å². The lowest BCUT2D eigenvalue weighted by atomic mass is 9.96. The minimum atomic E-state index is 0.0472. The lowest BCUT2D eigenvalue weighted by Gasteiger charge is -2.24. The number of nitrogens with two attached hydrogens (primary N) is 1. The Bertz CT molecular complexity index is 189. The largest absolute Gasteiger partial charge is 0.330 e. The van der Waals surface area contributed by atoms with Crippen LogP contribution in [0.5, 0.6) is 0 Å². The van der Waals surface area contributed by atoms with Crippen molar-refractivity contribution in [2.75, 3.05) is 6.54 Å². The van der Waals surface area contributed by atoms with Crippen molar-refractivity contribution < 1.29 is 4.79 Å². The maximum absolute atomic E-state index is 11.0. The Morgan fingerprint density at radius 3 is 2.35 bits per heavy atom. The van der Waals surface area contributed by atoms with E-state index in [1.54, 1.807) is 0 Å². The quantitative estimate of drug-likeness (QED) is 0.530. The second kappa shape index (κ2) is 9.60. The molecule has 1 unspecified atom stereocenters. The summed E-state index contributed by atoms with van der Waals surface area (Å²) in [5.41, 5.74) is 5.47. The van der Waals surface area contributed by atoms with Gasteiger partial charge < -0.3 is 15.8 Å². The third-order valence-electron chi connectivity index (χ3n) is 3.69. The molecule has 0 aromatic heterocycles. The average molecular weight is 240 g/mol. The van der Waals surface area contributed by atoms with Crippen molar-refractivity contribution in [3.8, 4) is 0 Å². The Labute approximate surface area is 106 Å². The zero-order valence-corrected chi connectivity index (χ0v) is 11.0. The van der Waals surface area contributed by atoms with Gasteiger partial charge in [0.2, 0.25) is 0 Å². The van der Waals surface area contributed by atoms with E-state index in [4.69, 9.17) is 5.73 Å². The first-order valence-corrected chi connectivity index (χ1v) is 7.28. The SMILES string of the molecule is NCCCCC(C=O)NC1CCCCCCC1. The second-order valence-electron chi connectivity index (χ2n) is 5.24. The average Bonchev–Trinajstić information content (AvgIpc) is 2.30. The van der Waals surface area contributed by atoms with Gasteiger partial charge in [-0.2, -0.15) is 0 Å². The highest BCUT2D eigenvalue weighted by atomic mass is 16.1. The zero-order valence-electron chi connectivity index (χ0n) is 11.0. The van der Waals surface area contributed by atoms with E-state index >= 15 is 0 Å². The summed E-state index contributed by atoms with van der Waals surface area (Å²) in [5, 5.41) is 3.52. The second-order valence-corrected chi connectivity index (χ2v) is 5.24. The third kappa shape index (κ3) is 6.79. The molecule has 1 saturated carbocycles. The van der Waals surface area contributed by atoms with Gasteiger partial charge in [-0.25, -0.2) is 0 Å². The van der Waals surface area contributed by atoms with Crippen LogP contribution in [0.15, 0.2) is 0 Å². The number of hydrogen-bond donors (Lipinski definition) is 2. The molecule has 1 rings (SSSR count). The molecule has 0 saturated heterocycles. The number of carbonyl (C=O) groups excluding carboxylic acids is 1. The molecule has 1 aliphatic rings. The van der Waals surface area contributed by atoms with E-state index in [2.05, 4.69) is 5.32 Å². The van der Waals surface area contributed by atoms with E-state index < -0.39 is 0 Å². The Morgan fingerprint density at radius 2 is 1.76 bits per heavy atom. The molecule has 0 aromatic rings. The topological polar surface area (TPSA) is 55.1 Å². The molecule has 0 aromatic carbocycles. The Balaban J connectivity index is 2.24. The molecule has 3 nitrogen and oxygen atoms in total. The van der Waals surface area contributed by atoms with Crippen molar-refractivity contribution in [2.45, 2.75) is 76.3 Å². The minimum absolute atomic E-state index is 0.0472. The molecular formula is C14H28N2O. The lowest BCUT2D eigenvalue weighted by molar-refractivity contribution is -0.110. The molecule has 1 aliphatic carbocycles. The van der Waals surface area contributed by atoms with Crippen molar-refractivity contribution in [2.24, 2.45) is 5.73 Å². The highest BCUT2D eigenvalue weighted by Gasteiger charge is 2.15. The summed E-state index contributed by atoms with van der Waals surface area (Å²) in [6, 6.07) is 0.606. The van der Waals surface area contributed by atoms with Gasteiger partial charge in [-0.15, -0.1) is 0 Å². The van der Waals surface area contributed by atoms with Crippen LogP contribution in [0.25, 0.3) is 0 Å². The van der Waals surface area contributed by atoms with E-state index in [0.717, 1.165) is 32.1 Å². The van der Waals surface area contributed by atoms with Crippen LogP contribution < -0.4 is 11.1 Å². The van der Waals surface area contributed by atoms with Crippen molar-refractivity contribution in [1.82, 2.24) is 5.32 Å². The molecule has 0 bridgehead atoms. The van der Waals surface area contributed by atoms with Gasteiger partial charge in [0, 0.05) is 6.04 Å². The molecule has 1 fully saturated rings. The van der Waals surface area contributed by atoms with E-state index in [9.17, 15) is 4.79 Å². The van der Waals surface area contributed by atoms with Crippen LogP contribution in [-0.2, 0) is 4.79 Å². The maximum atomic E-state index is 11.0. The molecule has 17 heavy (non-hydrogen) atoms. The summed E-state index contributed by atoms with van der Waals surface area (Å²) >= 11 is 0. The zero-order chi connectivity index (χ0) is 12.3. The Kier molecular flexibility index (Phi) is 8.28. The van der Waals surface area contributed by atoms with Crippen LogP contribution >= 0.6 is 0 Å². The molecule has 3 N–H and O–H groups in total. The Morgan fingerprint density at radius 1 is 1.12 bits per heavy atom. The monoisotopic (exact) mass is 240 g/mol. The van der Waals surface area contributed by atoms with Crippen molar-refractivity contribution in [1.29, 1.82) is 0 Å². The van der Waals surface area contributed by atoms with Gasteiger partial charge in [0.05, 0.1) is 6.04 Å². The van der Waals surface area contributed by atoms with E-state index in [1.165, 1.54) is 44.9 Å². The fraction of sp³-hybridized carbons (Fsp3) is 0.929. The number of aldehydes is 1. The first-order chi connectivity index (χ1) is 8.36. The van der Waals surface area contributed by atoms with E-state index in [-0.39, 0.29) is 6.04 Å². The van der Waals surface area contributed by atoms with Crippen molar-refractivity contribution in [3.63, 3.8) is 0 Å². The summed E-state index contributed by atoms with van der Waals surface area (Å²) in [5.74, 6) is 0. The smallest absolute Gasteiger partial charge is 0.136 e. The van der Waals surface area contributed by atoms with Gasteiger partial charge in [0.1, 0.15) is 6.29 Å². The van der Waals surface area contributed by atoms with Gasteiger partial charge in [-0.05, 0) is 32.2 Å². The molecule has 0 amide bonds. The molecule has 0 radical (unpaired) electrons. The van der Waals surface area contributed by atoms with Gasteiger partial charge in [0.15, 0.2) is 0 Å². The van der Waals surface area contributed by atoms with Gasteiger partial charge in [0.25, 0.3) is 0 Å². The molecule has 0 spiro atoms. The first kappa shape index (κ1) is 14.7. The number of nitrogens with one attached hydrogen (secondary N) is 1. The number of rotatable bonds is 7. The summed E-state index contributed by atoms with van der Waals surface area (Å²) in [7, 11) is 0. The standard InChI is InChI=1S/C14H28N2O/c15-11-7-6-10-14(12-17)16-13-8-4-2-1-3-5-9-13/h12-14,16H,1-11,15H2. The Hall–Kier alpha value is -0.410. The van der Waals surface area contributed by atoms with Gasteiger partial charge in [-0.1, -0.05) is 38.5 Å². The first-order valence-electron chi connectivity index (χ1n) is 7.28. The number of unbranched alkanes of at least 4 members (excludes halogenated alkanes) is 1. The molecule has 0 aliphatic heterocycles. The minimum Gasteiger partial charge on any atom is -0.330 e. The van der Waals surface area contributed by atoms with Crippen LogP contribution in [0.2, 0.25) is 0 Å². The fourth-order valence-electron chi connectivity index (χ4n) is 2.62. The summed E-state index contributed by atoms with van der Waals surface area (Å²) in [6.45, 7) is 0.731. The lowest BCUT2D eigenvalue weighted by Crippen LogP contribution is -2.39. The molecular weight excluding hydrogens is 212 g/mol. The summed E-state index contributed by atoms with van der Waals surface area (Å²) in [6.07, 6.45) is 13.3. The van der Waals surface area contributed by atoms with Crippen LogP contribution in [0.4, 0.5) is 0 Å². The normalized spacial score (nSPS) is 20.5. The van der Waals surface area contributed by atoms with Crippen LogP contribution in [0, 0.1) is 0 Å². The van der Waals surface area contributed by atoms with Gasteiger partial charge in [-0.3, -0.25) is 0 Å². The molecule has 100 valence electrons. The highest BCUT2D eigenvalue weighted by molar-refractivity contribution is 5.57. The summed E-state index contributed by atoms with van der Waals surface area (Å²) in [4.78, 5) is 11.0. The van der Waals surface area contributed by atoms with Crippen LogP contribution in [-0.4, -0.2) is 24.9 Å².